The molecule has 11 heteroatoms. The molecular formula is C22H20Cl2F3N5O. The Kier molecular flexibility index (Phi) is 6.71. The van der Waals surface area contributed by atoms with Crippen LogP contribution in [-0.2, 0) is 12.7 Å². The fraction of sp³-hybridized carbons (Fsp3) is 0.273. The van der Waals surface area contributed by atoms with Crippen molar-refractivity contribution in [2.75, 3.05) is 31.1 Å². The molecule has 0 aliphatic carbocycles. The molecule has 0 unspecified atom stereocenters. The van der Waals surface area contributed by atoms with Crippen molar-refractivity contribution in [3.8, 4) is 5.69 Å². The van der Waals surface area contributed by atoms with E-state index in [2.05, 4.69) is 15.3 Å². The van der Waals surface area contributed by atoms with Gasteiger partial charge < -0.3 is 15.1 Å². The number of halogens is 5. The lowest BCUT2D eigenvalue weighted by Crippen LogP contribution is -2.51. The van der Waals surface area contributed by atoms with Crippen molar-refractivity contribution in [2.24, 2.45) is 0 Å². The molecule has 0 atom stereocenters. The standard InChI is InChI=1S/C22H20Cl2F3N5O/c23-15-4-6-17(7-5-15)30-8-10-31(11-9-30)21(33)28-14-19-13-20(22(25,26)27)29-32(19)18-3-1-2-16(24)12-18/h1-7,12-13H,8-11,14H2,(H,28,33). The van der Waals surface area contributed by atoms with E-state index >= 15 is 0 Å². The van der Waals surface area contributed by atoms with E-state index in [1.54, 1.807) is 23.1 Å². The zero-order chi connectivity index (χ0) is 23.6. The second-order valence-electron chi connectivity index (χ2n) is 7.52. The fourth-order valence-corrected chi connectivity index (χ4v) is 3.92. The van der Waals surface area contributed by atoms with Crippen LogP contribution in [0.15, 0.2) is 54.6 Å². The molecule has 1 saturated heterocycles. The van der Waals surface area contributed by atoms with Gasteiger partial charge in [0.1, 0.15) is 0 Å². The molecule has 0 spiro atoms. The van der Waals surface area contributed by atoms with E-state index < -0.39 is 11.9 Å². The van der Waals surface area contributed by atoms with Crippen molar-refractivity contribution >= 4 is 34.9 Å². The van der Waals surface area contributed by atoms with Crippen LogP contribution in [-0.4, -0.2) is 46.9 Å². The van der Waals surface area contributed by atoms with E-state index in [1.165, 1.54) is 6.07 Å². The summed E-state index contributed by atoms with van der Waals surface area (Å²) in [6.45, 7) is 2.11. The number of carbonyl (C=O) groups excluding carboxylic acids is 1. The molecule has 174 valence electrons. The summed E-state index contributed by atoms with van der Waals surface area (Å²) < 4.78 is 40.9. The highest BCUT2D eigenvalue weighted by Crippen LogP contribution is 2.30. The van der Waals surface area contributed by atoms with Crippen molar-refractivity contribution < 1.29 is 18.0 Å². The van der Waals surface area contributed by atoms with Crippen LogP contribution in [0.4, 0.5) is 23.7 Å². The van der Waals surface area contributed by atoms with Gasteiger partial charge >= 0.3 is 12.2 Å². The minimum Gasteiger partial charge on any atom is -0.368 e. The first kappa shape index (κ1) is 23.3. The smallest absolute Gasteiger partial charge is 0.368 e. The van der Waals surface area contributed by atoms with Gasteiger partial charge in [0.2, 0.25) is 0 Å². The summed E-state index contributed by atoms with van der Waals surface area (Å²) >= 11 is 11.9. The average molecular weight is 498 g/mol. The van der Waals surface area contributed by atoms with Gasteiger partial charge in [-0.25, -0.2) is 9.48 Å². The molecule has 0 radical (unpaired) electrons. The molecule has 4 rings (SSSR count). The molecule has 33 heavy (non-hydrogen) atoms. The third-order valence-corrected chi connectivity index (χ3v) is 5.79. The van der Waals surface area contributed by atoms with E-state index in [1.807, 2.05) is 24.3 Å². The van der Waals surface area contributed by atoms with E-state index in [0.29, 0.717) is 41.9 Å². The van der Waals surface area contributed by atoms with Crippen molar-refractivity contribution in [3.63, 3.8) is 0 Å². The van der Waals surface area contributed by atoms with Gasteiger partial charge in [-0.05, 0) is 48.5 Å². The predicted molar refractivity (Wildman–Crippen MR) is 121 cm³/mol. The average Bonchev–Trinajstić information content (AvgIpc) is 3.23. The Morgan fingerprint density at radius 2 is 1.64 bits per heavy atom. The first-order valence-corrected chi connectivity index (χ1v) is 10.9. The summed E-state index contributed by atoms with van der Waals surface area (Å²) in [6.07, 6.45) is -4.61. The highest BCUT2D eigenvalue weighted by atomic mass is 35.5. The first-order chi connectivity index (χ1) is 15.7. The number of nitrogens with one attached hydrogen (secondary N) is 1. The normalized spacial score (nSPS) is 14.5. The Morgan fingerprint density at radius 3 is 2.27 bits per heavy atom. The van der Waals surface area contributed by atoms with Gasteiger partial charge in [-0.2, -0.15) is 18.3 Å². The summed E-state index contributed by atoms with van der Waals surface area (Å²) in [5.74, 6) is 0. The quantitative estimate of drug-likeness (QED) is 0.536. The Bertz CT molecular complexity index is 1130. The molecule has 2 heterocycles. The van der Waals surface area contributed by atoms with Crippen LogP contribution in [0.5, 0.6) is 0 Å². The van der Waals surface area contributed by atoms with Gasteiger partial charge in [-0.15, -0.1) is 0 Å². The second-order valence-corrected chi connectivity index (χ2v) is 8.39. The van der Waals surface area contributed by atoms with Crippen LogP contribution in [0.1, 0.15) is 11.4 Å². The molecule has 1 aromatic heterocycles. The number of alkyl halides is 3. The highest BCUT2D eigenvalue weighted by Gasteiger charge is 2.35. The van der Waals surface area contributed by atoms with Crippen LogP contribution >= 0.6 is 23.2 Å². The van der Waals surface area contributed by atoms with Gasteiger partial charge in [-0.3, -0.25) is 0 Å². The minimum atomic E-state index is -4.61. The summed E-state index contributed by atoms with van der Waals surface area (Å²) in [4.78, 5) is 16.4. The monoisotopic (exact) mass is 497 g/mol. The molecular weight excluding hydrogens is 478 g/mol. The van der Waals surface area contributed by atoms with E-state index in [0.717, 1.165) is 16.4 Å². The molecule has 2 aromatic carbocycles. The second kappa shape index (κ2) is 9.52. The van der Waals surface area contributed by atoms with Gasteiger partial charge in [0.05, 0.1) is 17.9 Å². The maximum atomic E-state index is 13.3. The van der Waals surface area contributed by atoms with Crippen LogP contribution in [0.2, 0.25) is 10.0 Å². The lowest BCUT2D eigenvalue weighted by molar-refractivity contribution is -0.141. The number of hydrogen-bond acceptors (Lipinski definition) is 3. The number of anilines is 1. The summed E-state index contributed by atoms with van der Waals surface area (Å²) in [6, 6.07) is 14.4. The topological polar surface area (TPSA) is 53.4 Å². The lowest BCUT2D eigenvalue weighted by Gasteiger charge is -2.36. The lowest BCUT2D eigenvalue weighted by atomic mass is 10.2. The van der Waals surface area contributed by atoms with Crippen LogP contribution in [0, 0.1) is 0 Å². The molecule has 1 aliphatic heterocycles. The molecule has 2 amide bonds. The number of amides is 2. The van der Waals surface area contributed by atoms with Crippen molar-refractivity contribution in [1.82, 2.24) is 20.0 Å². The number of carbonyl (C=O) groups is 1. The third kappa shape index (κ3) is 5.54. The summed E-state index contributed by atoms with van der Waals surface area (Å²) in [5.41, 5.74) is 0.546. The maximum absolute atomic E-state index is 13.3. The summed E-state index contributed by atoms with van der Waals surface area (Å²) in [5, 5.41) is 7.42. The number of urea groups is 1. The number of piperazine rings is 1. The fourth-order valence-electron chi connectivity index (χ4n) is 3.61. The molecule has 3 aromatic rings. The zero-order valence-corrected chi connectivity index (χ0v) is 18.8. The van der Waals surface area contributed by atoms with Crippen LogP contribution in [0.25, 0.3) is 5.69 Å². The number of aromatic nitrogens is 2. The molecule has 1 fully saturated rings. The molecule has 1 N–H and O–H groups in total. The Balaban J connectivity index is 1.42. The van der Waals surface area contributed by atoms with Gasteiger partial charge in [0.15, 0.2) is 5.69 Å². The zero-order valence-electron chi connectivity index (χ0n) is 17.3. The van der Waals surface area contributed by atoms with E-state index in [-0.39, 0.29) is 18.3 Å². The number of rotatable bonds is 4. The highest BCUT2D eigenvalue weighted by molar-refractivity contribution is 6.31. The minimum absolute atomic E-state index is 0.119. The number of nitrogens with zero attached hydrogens (tertiary/aromatic N) is 4. The van der Waals surface area contributed by atoms with Crippen molar-refractivity contribution in [2.45, 2.75) is 12.7 Å². The maximum Gasteiger partial charge on any atom is 0.435 e. The predicted octanol–water partition coefficient (Wildman–Crippen LogP) is 5.23. The molecule has 1 aliphatic rings. The van der Waals surface area contributed by atoms with E-state index in [4.69, 9.17) is 23.2 Å². The Labute approximate surface area is 198 Å². The first-order valence-electron chi connectivity index (χ1n) is 10.2. The van der Waals surface area contributed by atoms with E-state index in [9.17, 15) is 18.0 Å². The summed E-state index contributed by atoms with van der Waals surface area (Å²) in [7, 11) is 0. The molecule has 0 saturated carbocycles. The SMILES string of the molecule is O=C(NCc1cc(C(F)(F)F)nn1-c1cccc(Cl)c1)N1CCN(c2ccc(Cl)cc2)CC1. The van der Waals surface area contributed by atoms with Gasteiger partial charge in [0, 0.05) is 41.9 Å². The largest absolute Gasteiger partial charge is 0.435 e. The van der Waals surface area contributed by atoms with Crippen LogP contribution in [0.3, 0.4) is 0 Å². The molecule has 0 bridgehead atoms. The van der Waals surface area contributed by atoms with Gasteiger partial charge in [-0.1, -0.05) is 29.3 Å². The Hall–Kier alpha value is -2.91. The molecule has 6 nitrogen and oxygen atoms in total. The number of hydrogen-bond donors (Lipinski definition) is 1. The van der Waals surface area contributed by atoms with Crippen LogP contribution < -0.4 is 10.2 Å². The number of benzene rings is 2. The van der Waals surface area contributed by atoms with Crippen molar-refractivity contribution in [1.29, 1.82) is 0 Å². The van der Waals surface area contributed by atoms with Gasteiger partial charge in [0.25, 0.3) is 0 Å². The Morgan fingerprint density at radius 1 is 0.939 bits per heavy atom. The third-order valence-electron chi connectivity index (χ3n) is 5.31. The van der Waals surface area contributed by atoms with Crippen molar-refractivity contribution in [3.05, 3.63) is 76.0 Å².